The zero-order chi connectivity index (χ0) is 21.2. The summed E-state index contributed by atoms with van der Waals surface area (Å²) in [5, 5.41) is 7.23. The lowest BCUT2D eigenvalue weighted by atomic mass is 10.2. The van der Waals surface area contributed by atoms with Crippen molar-refractivity contribution in [2.45, 2.75) is 25.7 Å². The maximum absolute atomic E-state index is 12.4. The largest absolute Gasteiger partial charge is 0.338 e. The Labute approximate surface area is 190 Å². The van der Waals surface area contributed by atoms with Crippen LogP contribution in [0.5, 0.6) is 0 Å². The molecular weight excluding hydrogens is 542 g/mol. The van der Waals surface area contributed by atoms with Crippen LogP contribution in [0, 0.1) is 20.8 Å². The van der Waals surface area contributed by atoms with Crippen molar-refractivity contribution in [2.75, 3.05) is 5.32 Å². The summed E-state index contributed by atoms with van der Waals surface area (Å²) in [4.78, 5) is 11.9. The Morgan fingerprint density at radius 3 is 2.52 bits per heavy atom. The Kier molecular flexibility index (Phi) is 6.72. The van der Waals surface area contributed by atoms with Crippen molar-refractivity contribution in [3.05, 3.63) is 60.5 Å². The maximum Gasteiger partial charge on any atom is 0.276 e. The average molecular weight is 559 g/mol. The molecule has 0 aliphatic rings. The van der Waals surface area contributed by atoms with E-state index in [2.05, 4.69) is 57.1 Å². The molecule has 1 aromatic carbocycles. The van der Waals surface area contributed by atoms with E-state index in [1.807, 2.05) is 13.8 Å². The molecule has 0 fully saturated rings. The summed E-state index contributed by atoms with van der Waals surface area (Å²) < 4.78 is 26.4. The number of nitrogens with zero attached hydrogens (tertiary/aromatic N) is 3. The van der Waals surface area contributed by atoms with Gasteiger partial charge in [-0.25, -0.2) is 14.8 Å². The fourth-order valence-electron chi connectivity index (χ4n) is 2.39. The van der Waals surface area contributed by atoms with Crippen molar-refractivity contribution in [3.63, 3.8) is 0 Å². The summed E-state index contributed by atoms with van der Waals surface area (Å²) in [5.41, 5.74) is 2.47. The third kappa shape index (κ3) is 5.21. The molecule has 11 heteroatoms. The lowest BCUT2D eigenvalue weighted by Gasteiger charge is -2.09. The van der Waals surface area contributed by atoms with Gasteiger partial charge in [-0.3, -0.25) is 0 Å². The van der Waals surface area contributed by atoms with E-state index >= 15 is 0 Å². The number of hydrazone groups is 1. The van der Waals surface area contributed by atoms with Crippen LogP contribution in [0.4, 0.5) is 11.5 Å². The van der Waals surface area contributed by atoms with E-state index in [0.29, 0.717) is 21.7 Å². The highest BCUT2D eigenvalue weighted by molar-refractivity contribution is 9.11. The monoisotopic (exact) mass is 557 g/mol. The molecule has 7 nitrogen and oxygen atoms in total. The molecule has 3 aromatic rings. The van der Waals surface area contributed by atoms with Crippen LogP contribution in [-0.4, -0.2) is 24.6 Å². The van der Waals surface area contributed by atoms with Gasteiger partial charge < -0.3 is 5.32 Å². The number of anilines is 2. The number of halogens is 2. The van der Waals surface area contributed by atoms with Crippen molar-refractivity contribution in [3.8, 4) is 0 Å². The van der Waals surface area contributed by atoms with E-state index in [0.717, 1.165) is 19.9 Å². The minimum Gasteiger partial charge on any atom is -0.338 e. The number of sulfonamides is 1. The molecule has 0 amide bonds. The van der Waals surface area contributed by atoms with Gasteiger partial charge in [0.1, 0.15) is 11.6 Å². The number of aryl methyl sites for hydroxylation is 3. The number of nitrogens with one attached hydrogen (secondary N) is 2. The summed E-state index contributed by atoms with van der Waals surface area (Å²) in [7, 11) is -3.75. The van der Waals surface area contributed by atoms with Gasteiger partial charge in [-0.1, -0.05) is 17.7 Å². The molecule has 0 saturated heterocycles. The molecule has 0 aliphatic heterocycles. The van der Waals surface area contributed by atoms with Gasteiger partial charge in [0.15, 0.2) is 0 Å². The van der Waals surface area contributed by atoms with Gasteiger partial charge in [-0.15, -0.1) is 11.3 Å². The van der Waals surface area contributed by atoms with Crippen LogP contribution in [0.25, 0.3) is 0 Å². The van der Waals surface area contributed by atoms with Gasteiger partial charge in [-0.05, 0) is 64.8 Å². The van der Waals surface area contributed by atoms with Gasteiger partial charge in [0.25, 0.3) is 10.0 Å². The van der Waals surface area contributed by atoms with Crippen molar-refractivity contribution < 1.29 is 8.42 Å². The van der Waals surface area contributed by atoms with Gasteiger partial charge in [0, 0.05) is 16.6 Å². The Morgan fingerprint density at radius 1 is 1.14 bits per heavy atom. The van der Waals surface area contributed by atoms with Gasteiger partial charge in [0.2, 0.25) is 0 Å². The minimum atomic E-state index is -3.75. The van der Waals surface area contributed by atoms with Crippen molar-refractivity contribution in [1.29, 1.82) is 0 Å². The molecule has 0 radical (unpaired) electrons. The quantitative estimate of drug-likeness (QED) is 0.326. The van der Waals surface area contributed by atoms with E-state index in [-0.39, 0.29) is 4.90 Å². The molecule has 0 unspecified atom stereocenters. The Bertz CT molecular complexity index is 1180. The highest BCUT2D eigenvalue weighted by Crippen LogP contribution is 2.38. The fourth-order valence-corrected chi connectivity index (χ4v) is 5.30. The predicted molar refractivity (Wildman–Crippen MR) is 124 cm³/mol. The SMILES string of the molecule is Cc1ccc(S(=O)(=O)N/N=C/c2c(Br)sc(C)c2Nc2nc(C)ncc2Br)cc1. The number of aromatic nitrogens is 2. The van der Waals surface area contributed by atoms with Gasteiger partial charge >= 0.3 is 0 Å². The van der Waals surface area contributed by atoms with Crippen molar-refractivity contribution in [2.24, 2.45) is 5.10 Å². The van der Waals surface area contributed by atoms with E-state index in [1.54, 1.807) is 37.4 Å². The lowest BCUT2D eigenvalue weighted by molar-refractivity contribution is 0.584. The van der Waals surface area contributed by atoms with Crippen LogP contribution in [0.1, 0.15) is 21.8 Å². The Balaban J connectivity index is 1.86. The van der Waals surface area contributed by atoms with Crippen LogP contribution in [0.2, 0.25) is 0 Å². The molecule has 29 heavy (non-hydrogen) atoms. The van der Waals surface area contributed by atoms with Crippen molar-refractivity contribution in [1.82, 2.24) is 14.8 Å². The first-order valence-electron chi connectivity index (χ1n) is 8.34. The number of hydrogen-bond donors (Lipinski definition) is 2. The molecule has 2 N–H and O–H groups in total. The summed E-state index contributed by atoms with van der Waals surface area (Å²) >= 11 is 8.45. The molecule has 0 atom stereocenters. The second-order valence-electron chi connectivity index (χ2n) is 6.13. The first-order chi connectivity index (χ1) is 13.7. The van der Waals surface area contributed by atoms with Crippen molar-refractivity contribution >= 4 is 70.9 Å². The second kappa shape index (κ2) is 8.90. The van der Waals surface area contributed by atoms with Gasteiger partial charge in [-0.2, -0.15) is 13.5 Å². The molecule has 0 saturated carbocycles. The summed E-state index contributed by atoms with van der Waals surface area (Å²) in [6.45, 7) is 5.65. The van der Waals surface area contributed by atoms with E-state index < -0.39 is 10.0 Å². The Hall–Kier alpha value is -1.82. The van der Waals surface area contributed by atoms with E-state index in [4.69, 9.17) is 0 Å². The van der Waals surface area contributed by atoms with Gasteiger partial charge in [0.05, 0.1) is 25.1 Å². The minimum absolute atomic E-state index is 0.152. The van der Waals surface area contributed by atoms with Crippen LogP contribution >= 0.6 is 43.2 Å². The zero-order valence-electron chi connectivity index (χ0n) is 15.7. The van der Waals surface area contributed by atoms with E-state index in [9.17, 15) is 8.42 Å². The summed E-state index contributed by atoms with van der Waals surface area (Å²) in [5.74, 6) is 1.24. The molecular formula is C18H17Br2N5O2S2. The second-order valence-corrected chi connectivity index (χ2v) is 11.2. The molecule has 3 rings (SSSR count). The number of benzene rings is 1. The van der Waals surface area contributed by atoms with Crippen LogP contribution < -0.4 is 10.1 Å². The smallest absolute Gasteiger partial charge is 0.276 e. The lowest BCUT2D eigenvalue weighted by Crippen LogP contribution is -2.18. The number of thiophene rings is 1. The molecule has 0 spiro atoms. The highest BCUT2D eigenvalue weighted by atomic mass is 79.9. The third-order valence-electron chi connectivity index (χ3n) is 3.88. The standard InChI is InChI=1S/C18H17Br2N5O2S2/c1-10-4-6-13(7-5-10)29(26,27)25-22-8-14-16(11(2)28-17(14)20)24-18-15(19)9-21-12(3)23-18/h4-9,25H,1-3H3,(H,21,23,24)/b22-8+. The molecule has 0 bridgehead atoms. The maximum atomic E-state index is 12.4. The van der Waals surface area contributed by atoms with Crippen LogP contribution in [-0.2, 0) is 10.0 Å². The Morgan fingerprint density at radius 2 is 1.83 bits per heavy atom. The number of rotatable bonds is 6. The topological polar surface area (TPSA) is 96.3 Å². The first kappa shape index (κ1) is 21.9. The predicted octanol–water partition coefficient (Wildman–Crippen LogP) is 5.04. The number of hydrogen-bond acceptors (Lipinski definition) is 7. The van der Waals surface area contributed by atoms with E-state index in [1.165, 1.54) is 17.6 Å². The average Bonchev–Trinajstić information content (AvgIpc) is 2.92. The van der Waals surface area contributed by atoms with Crippen LogP contribution in [0.15, 0.2) is 48.7 Å². The molecule has 2 heterocycles. The fraction of sp³-hybridized carbons (Fsp3) is 0.167. The zero-order valence-corrected chi connectivity index (χ0v) is 20.5. The molecule has 2 aromatic heterocycles. The molecule has 0 aliphatic carbocycles. The first-order valence-corrected chi connectivity index (χ1v) is 12.2. The summed E-state index contributed by atoms with van der Waals surface area (Å²) in [6, 6.07) is 6.56. The summed E-state index contributed by atoms with van der Waals surface area (Å²) in [6.07, 6.45) is 3.13. The normalized spacial score (nSPS) is 11.8. The van der Waals surface area contributed by atoms with Crippen LogP contribution in [0.3, 0.4) is 0 Å². The third-order valence-corrected chi connectivity index (χ3v) is 7.52. The highest BCUT2D eigenvalue weighted by Gasteiger charge is 2.16. The molecule has 152 valence electrons.